The smallest absolute Gasteiger partial charge is 0.214 e. The molecule has 2 rings (SSSR count). The van der Waals surface area contributed by atoms with Crippen LogP contribution in [0.4, 0.5) is 0 Å². The van der Waals surface area contributed by atoms with Crippen LogP contribution in [0.15, 0.2) is 36.7 Å². The van der Waals surface area contributed by atoms with Gasteiger partial charge in [-0.25, -0.2) is 13.1 Å². The zero-order valence-corrected chi connectivity index (χ0v) is 14.2. The van der Waals surface area contributed by atoms with Crippen LogP contribution in [0.5, 0.6) is 0 Å². The fraction of sp³-hybridized carbons (Fsp3) is 0.467. The molecule has 0 bridgehead atoms. The number of nitrogens with one attached hydrogen (secondary N) is 1. The standard InChI is InChI=1S/C15H22N4O3S/c1-3-19-12-16-18-15(19)10-17-23(20,21)11-14(22-2)9-13-7-5-4-6-8-13/h4-8,12,14,17H,3,9-11H2,1-2H3. The van der Waals surface area contributed by atoms with Crippen LogP contribution in [0.25, 0.3) is 0 Å². The van der Waals surface area contributed by atoms with Gasteiger partial charge in [-0.3, -0.25) is 0 Å². The van der Waals surface area contributed by atoms with Crippen molar-refractivity contribution in [2.75, 3.05) is 12.9 Å². The summed E-state index contributed by atoms with van der Waals surface area (Å²) in [5.41, 5.74) is 1.04. The van der Waals surface area contributed by atoms with E-state index in [1.165, 1.54) is 7.11 Å². The summed E-state index contributed by atoms with van der Waals surface area (Å²) in [6, 6.07) is 9.68. The number of ether oxygens (including phenoxy) is 1. The Morgan fingerprint density at radius 1 is 1.30 bits per heavy atom. The number of aromatic nitrogens is 3. The van der Waals surface area contributed by atoms with Gasteiger partial charge in [0.05, 0.1) is 18.4 Å². The minimum Gasteiger partial charge on any atom is -0.380 e. The molecule has 126 valence electrons. The van der Waals surface area contributed by atoms with E-state index in [0.29, 0.717) is 18.8 Å². The Bertz CT molecular complexity index is 701. The van der Waals surface area contributed by atoms with E-state index >= 15 is 0 Å². The molecule has 1 unspecified atom stereocenters. The number of aryl methyl sites for hydroxylation is 1. The molecule has 0 aliphatic carbocycles. The fourth-order valence-electron chi connectivity index (χ4n) is 2.25. The number of methoxy groups -OCH3 is 1. The van der Waals surface area contributed by atoms with Crippen molar-refractivity contribution in [1.29, 1.82) is 0 Å². The van der Waals surface area contributed by atoms with Crippen LogP contribution < -0.4 is 4.72 Å². The fourth-order valence-corrected chi connectivity index (χ4v) is 3.46. The van der Waals surface area contributed by atoms with Crippen molar-refractivity contribution in [1.82, 2.24) is 19.5 Å². The van der Waals surface area contributed by atoms with E-state index < -0.39 is 16.1 Å². The molecule has 0 aliphatic rings. The van der Waals surface area contributed by atoms with Crippen molar-refractivity contribution in [2.45, 2.75) is 32.5 Å². The normalized spacial score (nSPS) is 13.1. The van der Waals surface area contributed by atoms with Crippen molar-refractivity contribution in [3.8, 4) is 0 Å². The molecular weight excluding hydrogens is 316 g/mol. The molecule has 1 heterocycles. The molecule has 0 radical (unpaired) electrons. The molecule has 7 nitrogen and oxygen atoms in total. The second kappa shape index (κ2) is 8.19. The van der Waals surface area contributed by atoms with Crippen LogP contribution in [0, 0.1) is 0 Å². The minimum absolute atomic E-state index is 0.0986. The van der Waals surface area contributed by atoms with Crippen molar-refractivity contribution in [2.24, 2.45) is 0 Å². The average molecular weight is 338 g/mol. The van der Waals surface area contributed by atoms with Gasteiger partial charge in [0.15, 0.2) is 0 Å². The second-order valence-electron chi connectivity index (χ2n) is 5.18. The van der Waals surface area contributed by atoms with Gasteiger partial charge in [0, 0.05) is 13.7 Å². The molecule has 2 aromatic rings. The lowest BCUT2D eigenvalue weighted by molar-refractivity contribution is 0.121. The Morgan fingerprint density at radius 3 is 2.70 bits per heavy atom. The quantitative estimate of drug-likeness (QED) is 0.736. The first kappa shape index (κ1) is 17.6. The van der Waals surface area contributed by atoms with Crippen LogP contribution in [0.1, 0.15) is 18.3 Å². The third kappa shape index (κ3) is 5.42. The summed E-state index contributed by atoms with van der Waals surface area (Å²) in [6.45, 7) is 2.76. The first-order valence-electron chi connectivity index (χ1n) is 7.44. The van der Waals surface area contributed by atoms with Gasteiger partial charge in [0.25, 0.3) is 0 Å². The predicted octanol–water partition coefficient (Wildman–Crippen LogP) is 0.975. The number of rotatable bonds is 9. The van der Waals surface area contributed by atoms with Gasteiger partial charge in [-0.2, -0.15) is 0 Å². The molecule has 0 fully saturated rings. The maximum Gasteiger partial charge on any atom is 0.214 e. The van der Waals surface area contributed by atoms with Gasteiger partial charge in [-0.1, -0.05) is 30.3 Å². The van der Waals surface area contributed by atoms with Gasteiger partial charge in [0.2, 0.25) is 10.0 Å². The molecule has 1 N–H and O–H groups in total. The van der Waals surface area contributed by atoms with E-state index in [4.69, 9.17) is 4.74 Å². The molecule has 1 atom stereocenters. The highest BCUT2D eigenvalue weighted by Gasteiger charge is 2.20. The Hall–Kier alpha value is -1.77. The van der Waals surface area contributed by atoms with E-state index in [2.05, 4.69) is 14.9 Å². The lowest BCUT2D eigenvalue weighted by Gasteiger charge is -2.16. The summed E-state index contributed by atoms with van der Waals surface area (Å²) in [4.78, 5) is 0. The van der Waals surface area contributed by atoms with E-state index in [1.54, 1.807) is 10.9 Å². The van der Waals surface area contributed by atoms with E-state index in [0.717, 1.165) is 5.56 Å². The third-order valence-corrected chi connectivity index (χ3v) is 4.93. The average Bonchev–Trinajstić information content (AvgIpc) is 3.01. The number of hydrogen-bond acceptors (Lipinski definition) is 5. The maximum atomic E-state index is 12.2. The highest BCUT2D eigenvalue weighted by Crippen LogP contribution is 2.08. The van der Waals surface area contributed by atoms with Crippen LogP contribution in [0.3, 0.4) is 0 Å². The Balaban J connectivity index is 1.93. The first-order chi connectivity index (χ1) is 11.0. The summed E-state index contributed by atoms with van der Waals surface area (Å²) in [6.07, 6.45) is 1.72. The third-order valence-electron chi connectivity index (χ3n) is 3.53. The van der Waals surface area contributed by atoms with Crippen LogP contribution in [-0.2, 0) is 34.3 Å². The van der Waals surface area contributed by atoms with Crippen molar-refractivity contribution < 1.29 is 13.2 Å². The van der Waals surface area contributed by atoms with E-state index in [-0.39, 0.29) is 12.3 Å². The summed E-state index contributed by atoms with van der Waals surface area (Å²) in [5, 5.41) is 7.69. The number of nitrogens with zero attached hydrogens (tertiary/aromatic N) is 3. The van der Waals surface area contributed by atoms with Gasteiger partial charge < -0.3 is 9.30 Å². The highest BCUT2D eigenvalue weighted by atomic mass is 32.2. The zero-order chi connectivity index (χ0) is 16.7. The first-order valence-corrected chi connectivity index (χ1v) is 9.10. The summed E-state index contributed by atoms with van der Waals surface area (Å²) < 4.78 is 34.1. The summed E-state index contributed by atoms with van der Waals surface area (Å²) in [5.74, 6) is 0.492. The van der Waals surface area contributed by atoms with Gasteiger partial charge in [0.1, 0.15) is 12.2 Å². The maximum absolute atomic E-state index is 12.2. The van der Waals surface area contributed by atoms with E-state index in [1.807, 2.05) is 37.3 Å². The predicted molar refractivity (Wildman–Crippen MR) is 87.3 cm³/mol. The number of hydrogen-bond donors (Lipinski definition) is 1. The minimum atomic E-state index is -3.47. The topological polar surface area (TPSA) is 86.1 Å². The molecular formula is C15H22N4O3S. The van der Waals surface area contributed by atoms with Crippen LogP contribution >= 0.6 is 0 Å². The number of benzene rings is 1. The number of sulfonamides is 1. The van der Waals surface area contributed by atoms with Crippen molar-refractivity contribution >= 4 is 10.0 Å². The largest absolute Gasteiger partial charge is 0.380 e. The molecule has 0 spiro atoms. The molecule has 1 aromatic carbocycles. The van der Waals surface area contributed by atoms with Crippen LogP contribution in [-0.4, -0.2) is 42.1 Å². The molecule has 23 heavy (non-hydrogen) atoms. The van der Waals surface area contributed by atoms with Gasteiger partial charge in [-0.05, 0) is 18.9 Å². The van der Waals surface area contributed by atoms with Gasteiger partial charge >= 0.3 is 0 Å². The highest BCUT2D eigenvalue weighted by molar-refractivity contribution is 7.89. The summed E-state index contributed by atoms with van der Waals surface area (Å²) >= 11 is 0. The molecule has 0 aliphatic heterocycles. The molecule has 0 saturated carbocycles. The lowest BCUT2D eigenvalue weighted by atomic mass is 10.1. The summed E-state index contributed by atoms with van der Waals surface area (Å²) in [7, 11) is -1.95. The molecule has 0 saturated heterocycles. The van der Waals surface area contributed by atoms with Crippen molar-refractivity contribution in [3.63, 3.8) is 0 Å². The molecule has 0 amide bonds. The SMILES string of the molecule is CCn1cnnc1CNS(=O)(=O)CC(Cc1ccccc1)OC. The van der Waals surface area contributed by atoms with Crippen molar-refractivity contribution in [3.05, 3.63) is 48.0 Å². The Labute approximate surface area is 136 Å². The Morgan fingerprint density at radius 2 is 2.04 bits per heavy atom. The van der Waals surface area contributed by atoms with E-state index in [9.17, 15) is 8.42 Å². The Kier molecular flexibility index (Phi) is 6.26. The second-order valence-corrected chi connectivity index (χ2v) is 7.03. The zero-order valence-electron chi connectivity index (χ0n) is 13.3. The van der Waals surface area contributed by atoms with Gasteiger partial charge in [-0.15, -0.1) is 10.2 Å². The molecule has 8 heteroatoms. The monoisotopic (exact) mass is 338 g/mol. The lowest BCUT2D eigenvalue weighted by Crippen LogP contribution is -2.34. The van der Waals surface area contributed by atoms with Crippen LogP contribution in [0.2, 0.25) is 0 Å². The molecule has 1 aromatic heterocycles.